The predicted molar refractivity (Wildman–Crippen MR) is 72.6 cm³/mol. The van der Waals surface area contributed by atoms with E-state index in [4.69, 9.17) is 0 Å². The molecule has 0 saturated heterocycles. The zero-order chi connectivity index (χ0) is 14.0. The van der Waals surface area contributed by atoms with E-state index in [0.717, 1.165) is 6.42 Å². The molecule has 4 heteroatoms. The van der Waals surface area contributed by atoms with Crippen molar-refractivity contribution < 1.29 is 14.3 Å². The molecule has 0 amide bonds. The lowest BCUT2D eigenvalue weighted by Gasteiger charge is -2.40. The molecule has 2 rings (SSSR count). The van der Waals surface area contributed by atoms with Crippen LogP contribution in [0.4, 0.5) is 10.1 Å². The fourth-order valence-corrected chi connectivity index (χ4v) is 3.28. The Balaban J connectivity index is 2.30. The molecule has 1 aromatic carbocycles. The number of aliphatic carboxylic acids is 1. The molecule has 0 radical (unpaired) electrons. The van der Waals surface area contributed by atoms with E-state index in [-0.39, 0.29) is 5.69 Å². The number of carboxylic acid groups (broad SMARTS) is 1. The maximum Gasteiger partial charge on any atom is 0.329 e. The van der Waals surface area contributed by atoms with E-state index >= 15 is 0 Å². The van der Waals surface area contributed by atoms with E-state index < -0.39 is 17.3 Å². The second kappa shape index (κ2) is 5.19. The first-order valence-corrected chi connectivity index (χ1v) is 6.69. The Bertz CT molecular complexity index is 465. The van der Waals surface area contributed by atoms with Gasteiger partial charge in [0.1, 0.15) is 11.4 Å². The third-order valence-corrected chi connectivity index (χ3v) is 3.86. The lowest BCUT2D eigenvalue weighted by atomic mass is 9.71. The lowest BCUT2D eigenvalue weighted by Crippen LogP contribution is -2.51. The lowest BCUT2D eigenvalue weighted by molar-refractivity contribution is -0.144. The molecule has 0 heterocycles. The van der Waals surface area contributed by atoms with Gasteiger partial charge in [0.2, 0.25) is 0 Å². The van der Waals surface area contributed by atoms with Gasteiger partial charge in [-0.1, -0.05) is 26.0 Å². The van der Waals surface area contributed by atoms with Crippen LogP contribution in [0.5, 0.6) is 0 Å². The molecule has 0 aliphatic heterocycles. The van der Waals surface area contributed by atoms with E-state index in [1.165, 1.54) is 6.07 Å². The minimum atomic E-state index is -1.06. The summed E-state index contributed by atoms with van der Waals surface area (Å²) >= 11 is 0. The van der Waals surface area contributed by atoms with Crippen LogP contribution in [0.2, 0.25) is 0 Å². The first-order valence-electron chi connectivity index (χ1n) is 6.69. The van der Waals surface area contributed by atoms with Gasteiger partial charge in [-0.05, 0) is 43.2 Å². The van der Waals surface area contributed by atoms with Gasteiger partial charge >= 0.3 is 5.97 Å². The van der Waals surface area contributed by atoms with Crippen LogP contribution in [0.3, 0.4) is 0 Å². The van der Waals surface area contributed by atoms with Crippen molar-refractivity contribution in [3.63, 3.8) is 0 Å². The molecule has 2 N–H and O–H groups in total. The SMILES string of the molecule is CC1CC(C)CC(Nc2ccccc2F)(C(=O)O)C1. The predicted octanol–water partition coefficient (Wildman–Crippen LogP) is 3.52. The van der Waals surface area contributed by atoms with Gasteiger partial charge in [0, 0.05) is 0 Å². The first kappa shape index (κ1) is 13.8. The number of hydrogen-bond donors (Lipinski definition) is 2. The minimum absolute atomic E-state index is 0.270. The number of carboxylic acids is 1. The summed E-state index contributed by atoms with van der Waals surface area (Å²) in [6.07, 6.45) is 2.08. The maximum absolute atomic E-state index is 13.7. The van der Waals surface area contributed by atoms with Crippen LogP contribution in [0.1, 0.15) is 33.1 Å². The summed E-state index contributed by atoms with van der Waals surface area (Å²) in [6.45, 7) is 4.10. The fraction of sp³-hybridized carbons (Fsp3) is 0.533. The maximum atomic E-state index is 13.7. The largest absolute Gasteiger partial charge is 0.480 e. The van der Waals surface area contributed by atoms with Gasteiger partial charge in [-0.3, -0.25) is 0 Å². The fourth-order valence-electron chi connectivity index (χ4n) is 3.28. The van der Waals surface area contributed by atoms with Gasteiger partial charge in [0.15, 0.2) is 0 Å². The highest BCUT2D eigenvalue weighted by molar-refractivity contribution is 5.83. The normalized spacial score (nSPS) is 30.9. The van der Waals surface area contributed by atoms with Crippen LogP contribution < -0.4 is 5.32 Å². The van der Waals surface area contributed by atoms with Crippen molar-refractivity contribution in [2.45, 2.75) is 38.6 Å². The Hall–Kier alpha value is -1.58. The molecule has 3 nitrogen and oxygen atoms in total. The summed E-state index contributed by atoms with van der Waals surface area (Å²) in [5.74, 6) is -0.665. The number of carbonyl (C=O) groups is 1. The first-order chi connectivity index (χ1) is 8.93. The zero-order valence-electron chi connectivity index (χ0n) is 11.3. The Kier molecular flexibility index (Phi) is 3.78. The van der Waals surface area contributed by atoms with Gasteiger partial charge in [-0.15, -0.1) is 0 Å². The highest BCUT2D eigenvalue weighted by Crippen LogP contribution is 2.38. The Labute approximate surface area is 112 Å². The number of halogens is 1. The molecule has 1 fully saturated rings. The Morgan fingerprint density at radius 3 is 2.42 bits per heavy atom. The van der Waals surface area contributed by atoms with Gasteiger partial charge < -0.3 is 10.4 Å². The summed E-state index contributed by atoms with van der Waals surface area (Å²) in [5.41, 5.74) is -0.787. The molecule has 0 bridgehead atoms. The standard InChI is InChI=1S/C15H20FNO2/c1-10-7-11(2)9-15(8-10,14(18)19)17-13-6-4-3-5-12(13)16/h3-6,10-11,17H,7-9H2,1-2H3,(H,18,19). The van der Waals surface area contributed by atoms with E-state index in [0.29, 0.717) is 24.7 Å². The highest BCUT2D eigenvalue weighted by Gasteiger charge is 2.44. The summed E-state index contributed by atoms with van der Waals surface area (Å²) in [5, 5.41) is 12.5. The smallest absolute Gasteiger partial charge is 0.329 e. The number of nitrogens with one attached hydrogen (secondary N) is 1. The molecule has 1 aliphatic carbocycles. The molecule has 2 unspecified atom stereocenters. The van der Waals surface area contributed by atoms with Crippen LogP contribution in [0.25, 0.3) is 0 Å². The van der Waals surface area contributed by atoms with Crippen molar-refractivity contribution in [3.8, 4) is 0 Å². The van der Waals surface area contributed by atoms with E-state index in [1.54, 1.807) is 18.2 Å². The third-order valence-electron chi connectivity index (χ3n) is 3.86. The van der Waals surface area contributed by atoms with Crippen molar-refractivity contribution in [3.05, 3.63) is 30.1 Å². The number of anilines is 1. The monoisotopic (exact) mass is 265 g/mol. The molecular formula is C15H20FNO2. The van der Waals surface area contributed by atoms with Gasteiger partial charge in [0.25, 0.3) is 0 Å². The van der Waals surface area contributed by atoms with Crippen LogP contribution in [-0.2, 0) is 4.79 Å². The van der Waals surface area contributed by atoms with Crippen molar-refractivity contribution in [1.29, 1.82) is 0 Å². The topological polar surface area (TPSA) is 49.3 Å². The summed E-state index contributed by atoms with van der Waals surface area (Å²) in [6, 6.07) is 6.23. The number of hydrogen-bond acceptors (Lipinski definition) is 2. The molecule has 1 aromatic rings. The second-order valence-corrected chi connectivity index (χ2v) is 5.85. The number of benzene rings is 1. The van der Waals surface area contributed by atoms with E-state index in [1.807, 2.05) is 0 Å². The summed E-state index contributed by atoms with van der Waals surface area (Å²) in [7, 11) is 0. The molecule has 0 spiro atoms. The summed E-state index contributed by atoms with van der Waals surface area (Å²) in [4.78, 5) is 11.7. The molecule has 104 valence electrons. The number of para-hydroxylation sites is 1. The summed E-state index contributed by atoms with van der Waals surface area (Å²) < 4.78 is 13.7. The molecule has 1 saturated carbocycles. The van der Waals surface area contributed by atoms with Crippen molar-refractivity contribution in [2.75, 3.05) is 5.32 Å². The average Bonchev–Trinajstić information content (AvgIpc) is 2.30. The second-order valence-electron chi connectivity index (χ2n) is 5.85. The van der Waals surface area contributed by atoms with Crippen LogP contribution in [-0.4, -0.2) is 16.6 Å². The van der Waals surface area contributed by atoms with Crippen molar-refractivity contribution in [2.24, 2.45) is 11.8 Å². The van der Waals surface area contributed by atoms with Gasteiger partial charge in [-0.25, -0.2) is 9.18 Å². The van der Waals surface area contributed by atoms with Crippen molar-refractivity contribution in [1.82, 2.24) is 0 Å². The minimum Gasteiger partial charge on any atom is -0.480 e. The van der Waals surface area contributed by atoms with E-state index in [2.05, 4.69) is 19.2 Å². The zero-order valence-corrected chi connectivity index (χ0v) is 11.3. The highest BCUT2D eigenvalue weighted by atomic mass is 19.1. The van der Waals surface area contributed by atoms with Crippen LogP contribution in [0.15, 0.2) is 24.3 Å². The van der Waals surface area contributed by atoms with Crippen molar-refractivity contribution >= 4 is 11.7 Å². The average molecular weight is 265 g/mol. The third kappa shape index (κ3) is 2.88. The van der Waals surface area contributed by atoms with E-state index in [9.17, 15) is 14.3 Å². The molecule has 1 aliphatic rings. The number of rotatable bonds is 3. The Morgan fingerprint density at radius 1 is 1.32 bits per heavy atom. The van der Waals surface area contributed by atoms with Crippen LogP contribution >= 0.6 is 0 Å². The Morgan fingerprint density at radius 2 is 1.89 bits per heavy atom. The van der Waals surface area contributed by atoms with Crippen LogP contribution in [0, 0.1) is 17.7 Å². The molecule has 2 atom stereocenters. The molecular weight excluding hydrogens is 245 g/mol. The van der Waals surface area contributed by atoms with Gasteiger partial charge in [0.05, 0.1) is 5.69 Å². The quantitative estimate of drug-likeness (QED) is 0.879. The molecule has 0 aromatic heterocycles. The van der Waals surface area contributed by atoms with Gasteiger partial charge in [-0.2, -0.15) is 0 Å². The molecule has 19 heavy (non-hydrogen) atoms.